The van der Waals surface area contributed by atoms with Crippen LogP contribution in [0.2, 0.25) is 0 Å². The largest absolute Gasteiger partial charge is 0.382 e. The molecule has 0 fully saturated rings. The second-order valence-corrected chi connectivity index (χ2v) is 4.01. The number of nitrogens with zero attached hydrogens (tertiary/aromatic N) is 1. The van der Waals surface area contributed by atoms with Crippen molar-refractivity contribution in [3.63, 3.8) is 0 Å². The molecule has 0 amide bonds. The van der Waals surface area contributed by atoms with Crippen molar-refractivity contribution in [3.8, 4) is 0 Å². The monoisotopic (exact) mass is 263 g/mol. The zero-order chi connectivity index (χ0) is 10.7. The van der Waals surface area contributed by atoms with Gasteiger partial charge in [-0.05, 0) is 33.6 Å². The second kappa shape index (κ2) is 4.55. The summed E-state index contributed by atoms with van der Waals surface area (Å²) in [5.41, 5.74) is 1.50. The van der Waals surface area contributed by atoms with Crippen LogP contribution in [0.4, 0.5) is 0 Å². The zero-order valence-electron chi connectivity index (χ0n) is 7.97. The summed E-state index contributed by atoms with van der Waals surface area (Å²) in [6.45, 7) is 0. The van der Waals surface area contributed by atoms with Crippen molar-refractivity contribution in [3.05, 3.63) is 64.4 Å². The summed E-state index contributed by atoms with van der Waals surface area (Å²) in [7, 11) is 0. The summed E-state index contributed by atoms with van der Waals surface area (Å²) in [5, 5.41) is 10.0. The Labute approximate surface area is 96.7 Å². The fraction of sp³-hybridized carbons (Fsp3) is 0.0833. The summed E-state index contributed by atoms with van der Waals surface area (Å²) in [4.78, 5) is 4.22. The van der Waals surface area contributed by atoms with Crippen molar-refractivity contribution in [1.82, 2.24) is 4.98 Å². The predicted octanol–water partition coefficient (Wildman–Crippen LogP) is 2.93. The Bertz CT molecular complexity index is 444. The number of pyridine rings is 1. The molecule has 2 aromatic rings. The maximum absolute atomic E-state index is 10.0. The molecule has 0 saturated carbocycles. The Balaban J connectivity index is 2.32. The smallest absolute Gasteiger partial charge is 0.121 e. The highest BCUT2D eigenvalue weighted by molar-refractivity contribution is 9.10. The van der Waals surface area contributed by atoms with Crippen LogP contribution in [0.3, 0.4) is 0 Å². The summed E-state index contributed by atoms with van der Waals surface area (Å²) >= 11 is 3.28. The molecule has 76 valence electrons. The minimum absolute atomic E-state index is 0.649. The van der Waals surface area contributed by atoms with E-state index in [-0.39, 0.29) is 0 Å². The van der Waals surface area contributed by atoms with E-state index in [0.717, 1.165) is 10.2 Å². The number of aliphatic hydroxyl groups is 1. The molecular formula is C12H10BrNO. The van der Waals surface area contributed by atoms with E-state index < -0.39 is 6.10 Å². The molecule has 1 aromatic heterocycles. The van der Waals surface area contributed by atoms with Crippen LogP contribution in [0, 0.1) is 0 Å². The molecule has 15 heavy (non-hydrogen) atoms. The highest BCUT2D eigenvalue weighted by atomic mass is 79.9. The lowest BCUT2D eigenvalue weighted by Gasteiger charge is -2.10. The van der Waals surface area contributed by atoms with E-state index in [9.17, 15) is 5.11 Å². The van der Waals surface area contributed by atoms with Crippen molar-refractivity contribution in [1.29, 1.82) is 0 Å². The third-order valence-electron chi connectivity index (χ3n) is 2.13. The second-order valence-electron chi connectivity index (χ2n) is 3.20. The van der Waals surface area contributed by atoms with Crippen LogP contribution in [0.1, 0.15) is 17.4 Å². The third-order valence-corrected chi connectivity index (χ3v) is 2.57. The molecule has 0 aliphatic rings. The fourth-order valence-corrected chi connectivity index (χ4v) is 1.74. The molecule has 0 radical (unpaired) electrons. The molecule has 0 aliphatic carbocycles. The average molecular weight is 264 g/mol. The summed E-state index contributed by atoms with van der Waals surface area (Å²) in [5.74, 6) is 0. The Morgan fingerprint density at radius 2 is 1.73 bits per heavy atom. The van der Waals surface area contributed by atoms with E-state index in [2.05, 4.69) is 20.9 Å². The highest BCUT2D eigenvalue weighted by Crippen LogP contribution is 2.20. The third kappa shape index (κ3) is 2.43. The number of hydrogen-bond acceptors (Lipinski definition) is 2. The SMILES string of the molecule is OC(c1ccccc1)c1cccc(Br)n1. The van der Waals surface area contributed by atoms with Crippen molar-refractivity contribution in [2.24, 2.45) is 0 Å². The Morgan fingerprint density at radius 1 is 1.00 bits per heavy atom. The van der Waals surface area contributed by atoms with Crippen LogP contribution >= 0.6 is 15.9 Å². The molecule has 1 aromatic carbocycles. The van der Waals surface area contributed by atoms with Gasteiger partial charge >= 0.3 is 0 Å². The van der Waals surface area contributed by atoms with E-state index in [1.54, 1.807) is 0 Å². The van der Waals surface area contributed by atoms with E-state index in [0.29, 0.717) is 5.69 Å². The van der Waals surface area contributed by atoms with Crippen molar-refractivity contribution in [2.75, 3.05) is 0 Å². The van der Waals surface area contributed by atoms with E-state index >= 15 is 0 Å². The van der Waals surface area contributed by atoms with Crippen molar-refractivity contribution < 1.29 is 5.11 Å². The first-order chi connectivity index (χ1) is 7.27. The lowest BCUT2D eigenvalue weighted by Crippen LogP contribution is -2.01. The maximum atomic E-state index is 10.0. The van der Waals surface area contributed by atoms with Crippen LogP contribution in [-0.4, -0.2) is 10.1 Å². The molecule has 0 spiro atoms. The fourth-order valence-electron chi connectivity index (χ4n) is 1.38. The van der Waals surface area contributed by atoms with Crippen LogP contribution in [0.25, 0.3) is 0 Å². The van der Waals surface area contributed by atoms with Crippen LogP contribution in [-0.2, 0) is 0 Å². The molecule has 2 nitrogen and oxygen atoms in total. The molecule has 1 unspecified atom stereocenters. The Morgan fingerprint density at radius 3 is 2.40 bits per heavy atom. The zero-order valence-corrected chi connectivity index (χ0v) is 9.55. The predicted molar refractivity (Wildman–Crippen MR) is 62.4 cm³/mol. The molecule has 0 bridgehead atoms. The number of aromatic nitrogens is 1. The quantitative estimate of drug-likeness (QED) is 0.846. The van der Waals surface area contributed by atoms with Gasteiger partial charge in [-0.3, -0.25) is 0 Å². The average Bonchev–Trinajstić information content (AvgIpc) is 2.29. The van der Waals surface area contributed by atoms with Crippen LogP contribution in [0.15, 0.2) is 53.1 Å². The van der Waals surface area contributed by atoms with Gasteiger partial charge in [0, 0.05) is 0 Å². The van der Waals surface area contributed by atoms with Gasteiger partial charge in [0.1, 0.15) is 10.7 Å². The van der Waals surface area contributed by atoms with E-state index in [4.69, 9.17) is 0 Å². The first-order valence-electron chi connectivity index (χ1n) is 4.63. The molecule has 0 saturated heterocycles. The molecule has 2 rings (SSSR count). The molecule has 1 N–H and O–H groups in total. The minimum Gasteiger partial charge on any atom is -0.382 e. The summed E-state index contributed by atoms with van der Waals surface area (Å²) < 4.78 is 0.731. The van der Waals surface area contributed by atoms with Gasteiger partial charge in [-0.1, -0.05) is 36.4 Å². The Hall–Kier alpha value is -1.19. The number of benzene rings is 1. The van der Waals surface area contributed by atoms with Gasteiger partial charge in [-0.15, -0.1) is 0 Å². The normalized spacial score (nSPS) is 12.4. The minimum atomic E-state index is -0.663. The molecule has 3 heteroatoms. The highest BCUT2D eigenvalue weighted by Gasteiger charge is 2.10. The number of aliphatic hydroxyl groups excluding tert-OH is 1. The number of halogens is 1. The standard InChI is InChI=1S/C12H10BrNO/c13-11-8-4-7-10(14-11)12(15)9-5-2-1-3-6-9/h1-8,12,15H. The molecule has 0 aliphatic heterocycles. The van der Waals surface area contributed by atoms with Gasteiger partial charge in [-0.25, -0.2) is 4.98 Å². The van der Waals surface area contributed by atoms with Gasteiger partial charge in [-0.2, -0.15) is 0 Å². The Kier molecular flexibility index (Phi) is 3.14. The summed E-state index contributed by atoms with van der Waals surface area (Å²) in [6.07, 6.45) is -0.663. The van der Waals surface area contributed by atoms with Gasteiger partial charge in [0.2, 0.25) is 0 Å². The van der Waals surface area contributed by atoms with Crippen LogP contribution < -0.4 is 0 Å². The first-order valence-corrected chi connectivity index (χ1v) is 5.42. The lowest BCUT2D eigenvalue weighted by atomic mass is 10.1. The molecular weight excluding hydrogens is 254 g/mol. The van der Waals surface area contributed by atoms with E-state index in [1.165, 1.54) is 0 Å². The van der Waals surface area contributed by atoms with E-state index in [1.807, 2.05) is 48.5 Å². The van der Waals surface area contributed by atoms with Crippen molar-refractivity contribution in [2.45, 2.75) is 6.10 Å². The topological polar surface area (TPSA) is 33.1 Å². The first kappa shape index (κ1) is 10.3. The summed E-state index contributed by atoms with van der Waals surface area (Å²) in [6, 6.07) is 15.0. The van der Waals surface area contributed by atoms with Gasteiger partial charge in [0.15, 0.2) is 0 Å². The van der Waals surface area contributed by atoms with Crippen molar-refractivity contribution >= 4 is 15.9 Å². The number of hydrogen-bond donors (Lipinski definition) is 1. The maximum Gasteiger partial charge on any atom is 0.121 e. The lowest BCUT2D eigenvalue weighted by molar-refractivity contribution is 0.215. The number of rotatable bonds is 2. The van der Waals surface area contributed by atoms with Crippen LogP contribution in [0.5, 0.6) is 0 Å². The van der Waals surface area contributed by atoms with Gasteiger partial charge in [0.05, 0.1) is 5.69 Å². The van der Waals surface area contributed by atoms with Gasteiger partial charge in [0.25, 0.3) is 0 Å². The van der Waals surface area contributed by atoms with Gasteiger partial charge < -0.3 is 5.11 Å². The molecule has 1 atom stereocenters. The molecule has 1 heterocycles.